The fraction of sp³-hybridized carbons (Fsp3) is 0.250. The minimum absolute atomic E-state index is 0.00900. The summed E-state index contributed by atoms with van der Waals surface area (Å²) in [7, 11) is 3.17. The number of fused-ring (bicyclic) bond motifs is 1. The molecule has 0 fully saturated rings. The zero-order valence-electron chi connectivity index (χ0n) is 9.46. The van der Waals surface area contributed by atoms with Crippen LogP contribution in [0.3, 0.4) is 0 Å². The molecule has 1 aromatic heterocycles. The van der Waals surface area contributed by atoms with Crippen molar-refractivity contribution in [1.29, 1.82) is 0 Å². The molecule has 1 N–H and O–H groups in total. The third-order valence-electron chi connectivity index (χ3n) is 2.55. The van der Waals surface area contributed by atoms with Crippen LogP contribution in [0.2, 0.25) is 0 Å². The summed E-state index contributed by atoms with van der Waals surface area (Å²) in [6.45, 7) is 1.53. The minimum Gasteiger partial charge on any atom is -0.497 e. The molecule has 0 saturated carbocycles. The van der Waals surface area contributed by atoms with Gasteiger partial charge in [0.1, 0.15) is 11.5 Å². The van der Waals surface area contributed by atoms with E-state index >= 15 is 0 Å². The molecule has 0 radical (unpaired) electrons. The van der Waals surface area contributed by atoms with E-state index in [0.717, 1.165) is 10.9 Å². The van der Waals surface area contributed by atoms with Gasteiger partial charge >= 0.3 is 0 Å². The highest BCUT2D eigenvalue weighted by Crippen LogP contribution is 2.33. The van der Waals surface area contributed by atoms with Crippen LogP contribution >= 0.6 is 0 Å². The molecule has 0 aliphatic rings. The van der Waals surface area contributed by atoms with Crippen LogP contribution in [0.5, 0.6) is 11.5 Å². The van der Waals surface area contributed by atoms with Crippen LogP contribution in [0.1, 0.15) is 17.3 Å². The quantitative estimate of drug-likeness (QED) is 0.806. The summed E-state index contributed by atoms with van der Waals surface area (Å²) < 4.78 is 10.4. The van der Waals surface area contributed by atoms with Gasteiger partial charge in [-0.15, -0.1) is 0 Å². The third-order valence-corrected chi connectivity index (χ3v) is 2.55. The minimum atomic E-state index is 0.00900. The Hall–Kier alpha value is -1.97. The number of hydrogen-bond acceptors (Lipinski definition) is 3. The number of ether oxygens (including phenoxy) is 2. The second-order valence-corrected chi connectivity index (χ2v) is 3.51. The normalized spacial score (nSPS) is 10.4. The zero-order chi connectivity index (χ0) is 11.7. The van der Waals surface area contributed by atoms with Crippen molar-refractivity contribution >= 4 is 16.7 Å². The maximum absolute atomic E-state index is 11.4. The van der Waals surface area contributed by atoms with E-state index in [-0.39, 0.29) is 5.78 Å². The monoisotopic (exact) mass is 219 g/mol. The lowest BCUT2D eigenvalue weighted by atomic mass is 10.1. The first-order valence-electron chi connectivity index (χ1n) is 4.91. The molecule has 0 bridgehead atoms. The SMILES string of the molecule is COc1cc(OC)c2c(C(C)=O)c[nH]c2c1. The molecular weight excluding hydrogens is 206 g/mol. The summed E-state index contributed by atoms with van der Waals surface area (Å²) in [5.41, 5.74) is 1.47. The lowest BCUT2D eigenvalue weighted by molar-refractivity contribution is 0.101. The topological polar surface area (TPSA) is 51.3 Å². The molecule has 1 aromatic carbocycles. The van der Waals surface area contributed by atoms with Gasteiger partial charge in [0.15, 0.2) is 5.78 Å². The molecule has 0 saturated heterocycles. The lowest BCUT2D eigenvalue weighted by Gasteiger charge is -2.06. The second-order valence-electron chi connectivity index (χ2n) is 3.51. The van der Waals surface area contributed by atoms with Gasteiger partial charge in [0, 0.05) is 23.9 Å². The van der Waals surface area contributed by atoms with E-state index in [4.69, 9.17) is 9.47 Å². The Labute approximate surface area is 93.2 Å². The molecule has 0 spiro atoms. The number of nitrogens with one attached hydrogen (secondary N) is 1. The van der Waals surface area contributed by atoms with Crippen molar-refractivity contribution in [3.05, 3.63) is 23.9 Å². The number of carbonyl (C=O) groups excluding carboxylic acids is 1. The highest BCUT2D eigenvalue weighted by atomic mass is 16.5. The van der Waals surface area contributed by atoms with Crippen molar-refractivity contribution in [2.75, 3.05) is 14.2 Å². The number of benzene rings is 1. The van der Waals surface area contributed by atoms with E-state index in [0.29, 0.717) is 17.1 Å². The molecule has 4 nitrogen and oxygen atoms in total. The first kappa shape index (κ1) is 10.5. The molecule has 0 aliphatic heterocycles. The Balaban J connectivity index is 2.77. The molecule has 4 heteroatoms. The van der Waals surface area contributed by atoms with Crippen LogP contribution in [0, 0.1) is 0 Å². The van der Waals surface area contributed by atoms with Gasteiger partial charge in [0.25, 0.3) is 0 Å². The van der Waals surface area contributed by atoms with E-state index in [9.17, 15) is 4.79 Å². The van der Waals surface area contributed by atoms with Crippen molar-refractivity contribution in [3.63, 3.8) is 0 Å². The highest BCUT2D eigenvalue weighted by molar-refractivity contribution is 6.09. The summed E-state index contributed by atoms with van der Waals surface area (Å²) in [6.07, 6.45) is 1.69. The third kappa shape index (κ3) is 1.52. The molecule has 0 atom stereocenters. The number of aromatic amines is 1. The zero-order valence-corrected chi connectivity index (χ0v) is 9.46. The molecule has 1 heterocycles. The molecule has 0 unspecified atom stereocenters. The van der Waals surface area contributed by atoms with Gasteiger partial charge in [-0.25, -0.2) is 0 Å². The van der Waals surface area contributed by atoms with E-state index in [1.807, 2.05) is 6.07 Å². The Morgan fingerprint density at radius 1 is 1.25 bits per heavy atom. The van der Waals surface area contributed by atoms with Crippen LogP contribution in [0.15, 0.2) is 18.3 Å². The van der Waals surface area contributed by atoms with Crippen molar-refractivity contribution in [2.45, 2.75) is 6.92 Å². The molecule has 2 rings (SSSR count). The predicted molar refractivity (Wildman–Crippen MR) is 61.4 cm³/mol. The summed E-state index contributed by atoms with van der Waals surface area (Å²) in [5, 5.41) is 0.802. The van der Waals surface area contributed by atoms with Gasteiger partial charge in [-0.3, -0.25) is 4.79 Å². The number of aromatic nitrogens is 1. The van der Waals surface area contributed by atoms with Crippen LogP contribution < -0.4 is 9.47 Å². The van der Waals surface area contributed by atoms with Crippen molar-refractivity contribution in [1.82, 2.24) is 4.98 Å². The number of methoxy groups -OCH3 is 2. The van der Waals surface area contributed by atoms with Gasteiger partial charge in [-0.2, -0.15) is 0 Å². The van der Waals surface area contributed by atoms with Crippen LogP contribution in [0.4, 0.5) is 0 Å². The van der Waals surface area contributed by atoms with Gasteiger partial charge < -0.3 is 14.5 Å². The van der Waals surface area contributed by atoms with Crippen molar-refractivity contribution in [2.24, 2.45) is 0 Å². The Morgan fingerprint density at radius 3 is 2.56 bits per heavy atom. The predicted octanol–water partition coefficient (Wildman–Crippen LogP) is 2.39. The van der Waals surface area contributed by atoms with E-state index in [1.54, 1.807) is 26.5 Å². The number of carbonyl (C=O) groups is 1. The first-order valence-corrected chi connectivity index (χ1v) is 4.91. The fourth-order valence-electron chi connectivity index (χ4n) is 1.76. The number of Topliss-reactive ketones (excluding diaryl/α,β-unsaturated/α-hetero) is 1. The maximum atomic E-state index is 11.4. The summed E-state index contributed by atoms with van der Waals surface area (Å²) in [4.78, 5) is 14.5. The van der Waals surface area contributed by atoms with Gasteiger partial charge in [0.05, 0.1) is 25.1 Å². The molecular formula is C12H13NO3. The maximum Gasteiger partial charge on any atom is 0.162 e. The Morgan fingerprint density at radius 2 is 2.00 bits per heavy atom. The smallest absolute Gasteiger partial charge is 0.162 e. The molecule has 2 aromatic rings. The molecule has 16 heavy (non-hydrogen) atoms. The van der Waals surface area contributed by atoms with Gasteiger partial charge in [-0.1, -0.05) is 0 Å². The second kappa shape index (κ2) is 3.89. The standard InChI is InChI=1S/C12H13NO3/c1-7(14)9-6-13-10-4-8(15-2)5-11(16-3)12(9)10/h4-6,13H,1-3H3. The highest BCUT2D eigenvalue weighted by Gasteiger charge is 2.14. The summed E-state index contributed by atoms with van der Waals surface area (Å²) in [6, 6.07) is 3.60. The molecule has 0 aliphatic carbocycles. The fourth-order valence-corrected chi connectivity index (χ4v) is 1.76. The lowest BCUT2D eigenvalue weighted by Crippen LogP contribution is -1.93. The Kier molecular flexibility index (Phi) is 2.56. The average Bonchev–Trinajstić information content (AvgIpc) is 2.71. The Bertz CT molecular complexity index is 542. The van der Waals surface area contributed by atoms with Crippen LogP contribution in [0.25, 0.3) is 10.9 Å². The number of ketones is 1. The summed E-state index contributed by atoms with van der Waals surface area (Å²) >= 11 is 0. The first-order chi connectivity index (χ1) is 7.67. The van der Waals surface area contributed by atoms with Crippen LogP contribution in [-0.4, -0.2) is 25.0 Å². The van der Waals surface area contributed by atoms with Crippen LogP contribution in [-0.2, 0) is 0 Å². The molecule has 84 valence electrons. The van der Waals surface area contributed by atoms with Crippen molar-refractivity contribution in [3.8, 4) is 11.5 Å². The van der Waals surface area contributed by atoms with E-state index in [2.05, 4.69) is 4.98 Å². The van der Waals surface area contributed by atoms with Gasteiger partial charge in [0.2, 0.25) is 0 Å². The summed E-state index contributed by atoms with van der Waals surface area (Å²) in [5.74, 6) is 1.34. The van der Waals surface area contributed by atoms with Gasteiger partial charge in [-0.05, 0) is 6.92 Å². The largest absolute Gasteiger partial charge is 0.497 e. The van der Waals surface area contributed by atoms with Crippen molar-refractivity contribution < 1.29 is 14.3 Å². The average molecular weight is 219 g/mol. The number of rotatable bonds is 3. The number of H-pyrrole nitrogens is 1. The molecule has 0 amide bonds. The van der Waals surface area contributed by atoms with E-state index < -0.39 is 0 Å². The number of hydrogen-bond donors (Lipinski definition) is 1. The van der Waals surface area contributed by atoms with E-state index in [1.165, 1.54) is 6.92 Å².